The van der Waals surface area contributed by atoms with Gasteiger partial charge in [-0.1, -0.05) is 147 Å². The van der Waals surface area contributed by atoms with Crippen LogP contribution in [-0.2, 0) is 5.41 Å². The Kier molecular flexibility index (Phi) is 7.19. The van der Waals surface area contributed by atoms with Crippen LogP contribution in [0.15, 0.2) is 188 Å². The fraction of sp³-hybridized carbons (Fsp3) is 0.0588. The first-order chi connectivity index (χ1) is 26.0. The van der Waals surface area contributed by atoms with Crippen LogP contribution in [0, 0.1) is 0 Å². The summed E-state index contributed by atoms with van der Waals surface area (Å²) in [5.41, 5.74) is 18.3. The molecule has 0 bridgehead atoms. The van der Waals surface area contributed by atoms with E-state index >= 15 is 0 Å². The molecule has 0 saturated heterocycles. The Morgan fingerprint density at radius 1 is 0.434 bits per heavy atom. The van der Waals surface area contributed by atoms with Gasteiger partial charge in [0.1, 0.15) is 0 Å². The van der Waals surface area contributed by atoms with Crippen molar-refractivity contribution >= 4 is 33.2 Å². The van der Waals surface area contributed by atoms with E-state index < -0.39 is 0 Å². The molecular weight excluding hydrogens is 641 g/mol. The van der Waals surface area contributed by atoms with Crippen LogP contribution in [0.3, 0.4) is 0 Å². The molecule has 0 saturated carbocycles. The molecule has 1 aliphatic rings. The Labute approximate surface area is 310 Å². The number of benzene rings is 8. The zero-order valence-corrected chi connectivity index (χ0v) is 29.8. The van der Waals surface area contributed by atoms with E-state index in [9.17, 15) is 0 Å². The molecule has 10 rings (SSSR count). The van der Waals surface area contributed by atoms with E-state index in [1.54, 1.807) is 0 Å². The molecule has 0 aliphatic heterocycles. The van der Waals surface area contributed by atoms with Crippen LogP contribution in [0.5, 0.6) is 0 Å². The highest BCUT2D eigenvalue weighted by atomic mass is 15.0. The number of anilines is 2. The lowest BCUT2D eigenvalue weighted by Gasteiger charge is -2.21. The zero-order chi connectivity index (χ0) is 35.5. The molecule has 8 aromatic carbocycles. The fourth-order valence-electron chi connectivity index (χ4n) is 8.58. The maximum atomic E-state index is 3.64. The van der Waals surface area contributed by atoms with Crippen LogP contribution in [0.4, 0.5) is 11.4 Å². The molecule has 0 spiro atoms. The van der Waals surface area contributed by atoms with Crippen LogP contribution in [0.1, 0.15) is 25.0 Å². The zero-order valence-electron chi connectivity index (χ0n) is 29.8. The quantitative estimate of drug-likeness (QED) is 0.185. The van der Waals surface area contributed by atoms with Crippen molar-refractivity contribution in [3.05, 3.63) is 199 Å². The first-order valence-corrected chi connectivity index (χ1v) is 18.4. The van der Waals surface area contributed by atoms with Gasteiger partial charge in [0.05, 0.1) is 11.0 Å². The summed E-state index contributed by atoms with van der Waals surface area (Å²) < 4.78 is 2.46. The average molecular weight is 679 g/mol. The van der Waals surface area contributed by atoms with E-state index in [4.69, 9.17) is 0 Å². The monoisotopic (exact) mass is 678 g/mol. The number of nitrogens with zero attached hydrogens (tertiary/aromatic N) is 1. The third kappa shape index (κ3) is 5.10. The minimum Gasteiger partial charge on any atom is -0.355 e. The predicted octanol–water partition coefficient (Wildman–Crippen LogP) is 13.8. The van der Waals surface area contributed by atoms with Crippen molar-refractivity contribution in [2.45, 2.75) is 19.3 Å². The van der Waals surface area contributed by atoms with Gasteiger partial charge in [-0.2, -0.15) is 0 Å². The van der Waals surface area contributed by atoms with Crippen LogP contribution >= 0.6 is 0 Å². The number of rotatable bonds is 6. The first kappa shape index (κ1) is 31.1. The first-order valence-electron chi connectivity index (χ1n) is 18.4. The molecule has 0 atom stereocenters. The van der Waals surface area contributed by atoms with Crippen molar-refractivity contribution in [2.24, 2.45) is 0 Å². The lowest BCUT2D eigenvalue weighted by molar-refractivity contribution is 0.661. The Hall–Kier alpha value is -6.64. The van der Waals surface area contributed by atoms with E-state index in [1.807, 2.05) is 6.07 Å². The van der Waals surface area contributed by atoms with E-state index in [0.717, 1.165) is 17.1 Å². The van der Waals surface area contributed by atoms with E-state index in [0.29, 0.717) is 0 Å². The number of aromatic nitrogens is 1. The number of para-hydroxylation sites is 2. The summed E-state index contributed by atoms with van der Waals surface area (Å²) >= 11 is 0. The van der Waals surface area contributed by atoms with E-state index in [1.165, 1.54) is 77.4 Å². The van der Waals surface area contributed by atoms with Crippen molar-refractivity contribution < 1.29 is 0 Å². The summed E-state index contributed by atoms with van der Waals surface area (Å²) in [6.07, 6.45) is 0. The van der Waals surface area contributed by atoms with Gasteiger partial charge in [-0.05, 0) is 105 Å². The SMILES string of the molecule is CC1(C)c2ccccc2-c2c1ccc1c2c2cc(-c3cccc(-c4ccccc4Nc4ccccc4)c3)ccc2n1-c1ccc(-c2ccccc2)cc1. The number of nitrogens with one attached hydrogen (secondary N) is 1. The van der Waals surface area contributed by atoms with Crippen molar-refractivity contribution in [1.82, 2.24) is 4.57 Å². The summed E-state index contributed by atoms with van der Waals surface area (Å²) in [5.74, 6) is 0. The summed E-state index contributed by atoms with van der Waals surface area (Å²) in [7, 11) is 0. The highest BCUT2D eigenvalue weighted by Crippen LogP contribution is 2.53. The second kappa shape index (κ2) is 12.3. The molecule has 1 N–H and O–H groups in total. The standard InChI is InChI=1S/C51H38N2/c1-51(2)44-22-11-9-21-42(44)49-45(51)29-31-48-50(49)43-33-37(26-30-47(43)53(48)40-27-24-35(25-28-40)34-14-5-3-6-15-34)36-16-13-17-38(32-36)41-20-10-12-23-46(41)52-39-18-7-4-8-19-39/h3-33,52H,1-2H3. The Bertz CT molecular complexity index is 2810. The molecule has 2 heteroatoms. The van der Waals surface area contributed by atoms with Crippen LogP contribution in [0.25, 0.3) is 72.0 Å². The second-order valence-corrected chi connectivity index (χ2v) is 14.7. The smallest absolute Gasteiger partial charge is 0.0547 e. The summed E-state index contributed by atoms with van der Waals surface area (Å²) in [6.45, 7) is 4.73. The molecule has 1 aromatic heterocycles. The third-order valence-corrected chi connectivity index (χ3v) is 11.2. The molecule has 53 heavy (non-hydrogen) atoms. The second-order valence-electron chi connectivity index (χ2n) is 14.7. The number of hydrogen-bond acceptors (Lipinski definition) is 1. The molecule has 1 heterocycles. The van der Waals surface area contributed by atoms with Gasteiger partial charge >= 0.3 is 0 Å². The third-order valence-electron chi connectivity index (χ3n) is 11.2. The van der Waals surface area contributed by atoms with Gasteiger partial charge in [0.2, 0.25) is 0 Å². The normalized spacial score (nSPS) is 12.9. The molecular formula is C51H38N2. The van der Waals surface area contributed by atoms with Crippen LogP contribution < -0.4 is 5.32 Å². The highest BCUT2D eigenvalue weighted by Gasteiger charge is 2.37. The lowest BCUT2D eigenvalue weighted by atomic mass is 9.82. The van der Waals surface area contributed by atoms with Crippen molar-refractivity contribution in [1.29, 1.82) is 0 Å². The summed E-state index contributed by atoms with van der Waals surface area (Å²) in [5, 5.41) is 6.23. The van der Waals surface area contributed by atoms with E-state index in [2.05, 4.69) is 206 Å². The maximum Gasteiger partial charge on any atom is 0.0547 e. The summed E-state index contributed by atoms with van der Waals surface area (Å²) in [6, 6.07) is 68.3. The largest absolute Gasteiger partial charge is 0.355 e. The molecule has 252 valence electrons. The minimum absolute atomic E-state index is 0.0843. The van der Waals surface area contributed by atoms with Gasteiger partial charge in [0.15, 0.2) is 0 Å². The van der Waals surface area contributed by atoms with Gasteiger partial charge in [0, 0.05) is 38.8 Å². The van der Waals surface area contributed by atoms with Crippen molar-refractivity contribution in [3.8, 4) is 50.2 Å². The predicted molar refractivity (Wildman–Crippen MR) is 224 cm³/mol. The van der Waals surface area contributed by atoms with Gasteiger partial charge in [-0.3, -0.25) is 0 Å². The molecule has 1 aliphatic carbocycles. The molecule has 0 unspecified atom stereocenters. The lowest BCUT2D eigenvalue weighted by Crippen LogP contribution is -2.14. The maximum absolute atomic E-state index is 3.64. The average Bonchev–Trinajstić information content (AvgIpc) is 3.67. The topological polar surface area (TPSA) is 17.0 Å². The van der Waals surface area contributed by atoms with Crippen molar-refractivity contribution in [2.75, 3.05) is 5.32 Å². The molecule has 0 fully saturated rings. The van der Waals surface area contributed by atoms with Gasteiger partial charge in [-0.15, -0.1) is 0 Å². The van der Waals surface area contributed by atoms with Crippen LogP contribution in [0.2, 0.25) is 0 Å². The fourth-order valence-corrected chi connectivity index (χ4v) is 8.58. The van der Waals surface area contributed by atoms with Crippen molar-refractivity contribution in [3.63, 3.8) is 0 Å². The minimum atomic E-state index is -0.0843. The Morgan fingerprint density at radius 3 is 1.85 bits per heavy atom. The number of hydrogen-bond donors (Lipinski definition) is 1. The molecule has 0 amide bonds. The Balaban J connectivity index is 1.16. The van der Waals surface area contributed by atoms with Gasteiger partial charge in [0.25, 0.3) is 0 Å². The molecule has 2 nitrogen and oxygen atoms in total. The van der Waals surface area contributed by atoms with Crippen LogP contribution in [-0.4, -0.2) is 4.57 Å². The van der Waals surface area contributed by atoms with Gasteiger partial charge < -0.3 is 9.88 Å². The number of fused-ring (bicyclic) bond motifs is 7. The Morgan fingerprint density at radius 2 is 1.04 bits per heavy atom. The summed E-state index contributed by atoms with van der Waals surface area (Å²) in [4.78, 5) is 0. The van der Waals surface area contributed by atoms with E-state index in [-0.39, 0.29) is 5.41 Å². The highest BCUT2D eigenvalue weighted by molar-refractivity contribution is 6.18. The van der Waals surface area contributed by atoms with Gasteiger partial charge in [-0.25, -0.2) is 0 Å². The molecule has 9 aromatic rings. The molecule has 0 radical (unpaired) electrons.